The molecule has 1 aromatic carbocycles. The van der Waals surface area contributed by atoms with E-state index in [0.29, 0.717) is 11.6 Å². The van der Waals surface area contributed by atoms with Gasteiger partial charge in [0.25, 0.3) is 5.91 Å². The van der Waals surface area contributed by atoms with Crippen LogP contribution in [0.2, 0.25) is 10.0 Å². The average Bonchev–Trinajstić information content (AvgIpc) is 2.95. The number of hydrogen-bond acceptors (Lipinski definition) is 4. The van der Waals surface area contributed by atoms with Crippen molar-refractivity contribution in [2.75, 3.05) is 19.8 Å². The predicted molar refractivity (Wildman–Crippen MR) is 78.7 cm³/mol. The van der Waals surface area contributed by atoms with Gasteiger partial charge in [-0.3, -0.25) is 4.79 Å². The first-order chi connectivity index (χ1) is 10.1. The lowest BCUT2D eigenvalue weighted by atomic mass is 10.2. The number of hydrogen-bond donors (Lipinski definition) is 1. The minimum absolute atomic E-state index is 0.0513. The molecule has 1 aromatic rings. The van der Waals surface area contributed by atoms with Crippen LogP contribution in [0.1, 0.15) is 23.2 Å². The van der Waals surface area contributed by atoms with E-state index in [4.69, 9.17) is 32.7 Å². The van der Waals surface area contributed by atoms with Gasteiger partial charge in [0.15, 0.2) is 6.61 Å². The maximum Gasteiger partial charge on any atom is 0.340 e. The van der Waals surface area contributed by atoms with Crippen molar-refractivity contribution in [3.63, 3.8) is 0 Å². The fraction of sp³-hybridized carbons (Fsp3) is 0.429. The van der Waals surface area contributed by atoms with E-state index in [9.17, 15) is 9.59 Å². The Bertz CT molecular complexity index is 530. The van der Waals surface area contributed by atoms with Crippen molar-refractivity contribution in [3.05, 3.63) is 33.8 Å². The second-order valence-corrected chi connectivity index (χ2v) is 5.48. The van der Waals surface area contributed by atoms with Crippen molar-refractivity contribution >= 4 is 35.1 Å². The molecule has 0 radical (unpaired) electrons. The monoisotopic (exact) mass is 331 g/mol. The molecule has 1 amide bonds. The number of carbonyl (C=O) groups excluding carboxylic acids is 2. The van der Waals surface area contributed by atoms with Crippen molar-refractivity contribution in [1.29, 1.82) is 0 Å². The molecule has 114 valence electrons. The fourth-order valence-electron chi connectivity index (χ4n) is 1.95. The summed E-state index contributed by atoms with van der Waals surface area (Å²) >= 11 is 11.6. The summed E-state index contributed by atoms with van der Waals surface area (Å²) in [6.45, 7) is 0.799. The van der Waals surface area contributed by atoms with Gasteiger partial charge in [-0.2, -0.15) is 0 Å². The third kappa shape index (κ3) is 4.88. The Morgan fingerprint density at radius 3 is 2.86 bits per heavy atom. The first-order valence-electron chi connectivity index (χ1n) is 6.57. The lowest BCUT2D eigenvalue weighted by Crippen LogP contribution is -2.34. The van der Waals surface area contributed by atoms with Crippen LogP contribution in [0.4, 0.5) is 0 Å². The van der Waals surface area contributed by atoms with E-state index < -0.39 is 5.97 Å². The summed E-state index contributed by atoms with van der Waals surface area (Å²) in [4.78, 5) is 23.4. The number of halogens is 2. The quantitative estimate of drug-likeness (QED) is 0.841. The molecule has 5 nitrogen and oxygen atoms in total. The highest BCUT2D eigenvalue weighted by Crippen LogP contribution is 2.21. The van der Waals surface area contributed by atoms with E-state index in [0.717, 1.165) is 19.4 Å². The zero-order valence-corrected chi connectivity index (χ0v) is 12.7. The largest absolute Gasteiger partial charge is 0.452 e. The van der Waals surface area contributed by atoms with Gasteiger partial charge in [-0.15, -0.1) is 0 Å². The van der Waals surface area contributed by atoms with Crippen LogP contribution in [0.5, 0.6) is 0 Å². The molecule has 1 N–H and O–H groups in total. The Morgan fingerprint density at radius 1 is 1.38 bits per heavy atom. The van der Waals surface area contributed by atoms with Gasteiger partial charge in [-0.25, -0.2) is 4.79 Å². The maximum atomic E-state index is 11.8. The highest BCUT2D eigenvalue weighted by Gasteiger charge is 2.17. The Labute approximate surface area is 132 Å². The van der Waals surface area contributed by atoms with Crippen LogP contribution in [-0.4, -0.2) is 37.7 Å². The zero-order valence-electron chi connectivity index (χ0n) is 11.2. The van der Waals surface area contributed by atoms with Gasteiger partial charge in [-0.05, 0) is 31.0 Å². The molecule has 1 aliphatic heterocycles. The minimum atomic E-state index is -0.663. The van der Waals surface area contributed by atoms with E-state index in [1.54, 1.807) is 0 Å². The summed E-state index contributed by atoms with van der Waals surface area (Å²) < 4.78 is 10.3. The van der Waals surface area contributed by atoms with Gasteiger partial charge in [0.2, 0.25) is 0 Å². The van der Waals surface area contributed by atoms with E-state index in [-0.39, 0.29) is 29.2 Å². The summed E-state index contributed by atoms with van der Waals surface area (Å²) in [6, 6.07) is 4.43. The molecular formula is C14H15Cl2NO4. The lowest BCUT2D eigenvalue weighted by Gasteiger charge is -2.11. The van der Waals surface area contributed by atoms with E-state index in [1.165, 1.54) is 18.2 Å². The van der Waals surface area contributed by atoms with Gasteiger partial charge < -0.3 is 14.8 Å². The number of nitrogens with one attached hydrogen (secondary N) is 1. The molecule has 1 fully saturated rings. The van der Waals surface area contributed by atoms with Crippen LogP contribution >= 0.6 is 23.2 Å². The van der Waals surface area contributed by atoms with E-state index in [1.807, 2.05) is 0 Å². The summed E-state index contributed by atoms with van der Waals surface area (Å²) in [7, 11) is 0. The molecule has 2 rings (SSSR count). The Morgan fingerprint density at radius 2 is 2.19 bits per heavy atom. The van der Waals surface area contributed by atoms with Crippen LogP contribution < -0.4 is 5.32 Å². The van der Waals surface area contributed by atoms with Crippen molar-refractivity contribution in [3.8, 4) is 0 Å². The van der Waals surface area contributed by atoms with E-state index in [2.05, 4.69) is 5.32 Å². The van der Waals surface area contributed by atoms with Gasteiger partial charge >= 0.3 is 5.97 Å². The number of carbonyl (C=O) groups is 2. The molecule has 1 aliphatic rings. The highest BCUT2D eigenvalue weighted by atomic mass is 35.5. The van der Waals surface area contributed by atoms with Gasteiger partial charge in [-0.1, -0.05) is 23.2 Å². The molecule has 1 saturated heterocycles. The Balaban J connectivity index is 1.76. The molecule has 0 saturated carbocycles. The second-order valence-electron chi connectivity index (χ2n) is 4.64. The topological polar surface area (TPSA) is 64.6 Å². The standard InChI is InChI=1S/C14H15Cl2NO4/c15-9-3-4-11(12(16)6-9)14(19)21-8-13(18)17-7-10-2-1-5-20-10/h3-4,6,10H,1-2,5,7-8H2,(H,17,18). The van der Waals surface area contributed by atoms with Crippen LogP contribution in [0.25, 0.3) is 0 Å². The molecule has 21 heavy (non-hydrogen) atoms. The lowest BCUT2D eigenvalue weighted by molar-refractivity contribution is -0.124. The van der Waals surface area contributed by atoms with E-state index >= 15 is 0 Å². The third-order valence-electron chi connectivity index (χ3n) is 3.04. The first-order valence-corrected chi connectivity index (χ1v) is 7.32. The molecule has 0 spiro atoms. The summed E-state index contributed by atoms with van der Waals surface area (Å²) in [5, 5.41) is 3.27. The molecule has 7 heteroatoms. The van der Waals surface area contributed by atoms with Crippen molar-refractivity contribution in [2.45, 2.75) is 18.9 Å². The molecular weight excluding hydrogens is 317 g/mol. The third-order valence-corrected chi connectivity index (χ3v) is 3.58. The predicted octanol–water partition coefficient (Wildman–Crippen LogP) is 2.45. The molecule has 1 unspecified atom stereocenters. The maximum absolute atomic E-state index is 11.8. The number of esters is 1. The number of benzene rings is 1. The van der Waals surface area contributed by atoms with Crippen LogP contribution in [0.3, 0.4) is 0 Å². The van der Waals surface area contributed by atoms with Gasteiger partial charge in [0.1, 0.15) is 0 Å². The van der Waals surface area contributed by atoms with Crippen molar-refractivity contribution < 1.29 is 19.1 Å². The Kier molecular flexibility index (Phi) is 5.85. The number of amides is 1. The molecule has 0 aliphatic carbocycles. The Hall–Kier alpha value is -1.30. The summed E-state index contributed by atoms with van der Waals surface area (Å²) in [5.41, 5.74) is 0.174. The number of rotatable bonds is 5. The molecule has 0 aromatic heterocycles. The first kappa shape index (κ1) is 16.1. The van der Waals surface area contributed by atoms with Crippen molar-refractivity contribution in [1.82, 2.24) is 5.32 Å². The smallest absolute Gasteiger partial charge is 0.340 e. The van der Waals surface area contributed by atoms with Crippen LogP contribution in [0, 0.1) is 0 Å². The van der Waals surface area contributed by atoms with Crippen molar-refractivity contribution in [2.24, 2.45) is 0 Å². The molecule has 1 atom stereocenters. The normalized spacial score (nSPS) is 17.5. The average molecular weight is 332 g/mol. The van der Waals surface area contributed by atoms with Crippen LogP contribution in [0.15, 0.2) is 18.2 Å². The van der Waals surface area contributed by atoms with Gasteiger partial charge in [0.05, 0.1) is 16.7 Å². The molecule has 0 bridgehead atoms. The van der Waals surface area contributed by atoms with Crippen LogP contribution in [-0.2, 0) is 14.3 Å². The second kappa shape index (κ2) is 7.64. The summed E-state index contributed by atoms with van der Waals surface area (Å²) in [6.07, 6.45) is 1.99. The highest BCUT2D eigenvalue weighted by molar-refractivity contribution is 6.36. The van der Waals surface area contributed by atoms with Gasteiger partial charge in [0, 0.05) is 18.2 Å². The summed E-state index contributed by atoms with van der Waals surface area (Å²) in [5.74, 6) is -1.03. The zero-order chi connectivity index (χ0) is 15.2. The minimum Gasteiger partial charge on any atom is -0.452 e. The SMILES string of the molecule is O=C(COC(=O)c1ccc(Cl)cc1Cl)NCC1CCCO1. The fourth-order valence-corrected chi connectivity index (χ4v) is 2.43. The number of ether oxygens (including phenoxy) is 2. The molecule has 1 heterocycles.